The third-order valence-corrected chi connectivity index (χ3v) is 6.28. The van der Waals surface area contributed by atoms with E-state index in [1.807, 2.05) is 6.26 Å². The molecule has 25 heavy (non-hydrogen) atoms. The van der Waals surface area contributed by atoms with Crippen molar-refractivity contribution in [3.8, 4) is 0 Å². The van der Waals surface area contributed by atoms with Crippen LogP contribution in [0.1, 0.15) is 47.8 Å². The summed E-state index contributed by atoms with van der Waals surface area (Å²) in [5.41, 5.74) is 1.23. The molecule has 132 valence electrons. The molecule has 3 aromatic heterocycles. The second-order valence-corrected chi connectivity index (χ2v) is 8.26. The maximum Gasteiger partial charge on any atom is 0.262 e. The van der Waals surface area contributed by atoms with Crippen molar-refractivity contribution in [1.82, 2.24) is 19.7 Å². The van der Waals surface area contributed by atoms with E-state index in [9.17, 15) is 4.79 Å². The van der Waals surface area contributed by atoms with E-state index < -0.39 is 0 Å². The molecule has 0 aliphatic heterocycles. The minimum absolute atomic E-state index is 0.00712. The van der Waals surface area contributed by atoms with Crippen molar-refractivity contribution in [2.45, 2.75) is 50.8 Å². The van der Waals surface area contributed by atoms with Gasteiger partial charge in [-0.15, -0.1) is 11.3 Å². The SMILES string of the molecule is CSCc1noc(Cn2cnc3sc4c(c3c2=O)CCCCCC4)n1. The van der Waals surface area contributed by atoms with Crippen LogP contribution in [0.3, 0.4) is 0 Å². The van der Waals surface area contributed by atoms with Crippen molar-refractivity contribution in [1.29, 1.82) is 0 Å². The Hall–Kier alpha value is -1.67. The molecule has 8 heteroatoms. The quantitative estimate of drug-likeness (QED) is 0.695. The largest absolute Gasteiger partial charge is 0.337 e. The van der Waals surface area contributed by atoms with Gasteiger partial charge < -0.3 is 4.52 Å². The van der Waals surface area contributed by atoms with Gasteiger partial charge in [0.2, 0.25) is 5.89 Å². The van der Waals surface area contributed by atoms with E-state index in [2.05, 4.69) is 15.1 Å². The van der Waals surface area contributed by atoms with Crippen molar-refractivity contribution < 1.29 is 4.52 Å². The lowest BCUT2D eigenvalue weighted by Crippen LogP contribution is -2.21. The lowest BCUT2D eigenvalue weighted by atomic mass is 9.98. The van der Waals surface area contributed by atoms with E-state index in [1.54, 1.807) is 34.0 Å². The lowest BCUT2D eigenvalue weighted by molar-refractivity contribution is 0.366. The Bertz CT molecular complexity index is 944. The third kappa shape index (κ3) is 3.37. The van der Waals surface area contributed by atoms with Gasteiger partial charge in [0.05, 0.1) is 17.5 Å². The van der Waals surface area contributed by atoms with Crippen LogP contribution in [-0.4, -0.2) is 25.9 Å². The summed E-state index contributed by atoms with van der Waals surface area (Å²) in [6, 6.07) is 0. The molecule has 0 saturated carbocycles. The summed E-state index contributed by atoms with van der Waals surface area (Å²) < 4.78 is 6.85. The molecule has 3 heterocycles. The van der Waals surface area contributed by atoms with E-state index in [-0.39, 0.29) is 12.1 Å². The van der Waals surface area contributed by atoms with Crippen molar-refractivity contribution >= 4 is 33.3 Å². The predicted molar refractivity (Wildman–Crippen MR) is 100 cm³/mol. The molecule has 1 aliphatic carbocycles. The molecule has 0 amide bonds. The highest BCUT2D eigenvalue weighted by molar-refractivity contribution is 7.97. The molecule has 0 saturated heterocycles. The van der Waals surface area contributed by atoms with Gasteiger partial charge in [-0.05, 0) is 37.5 Å². The Morgan fingerprint density at radius 1 is 1.28 bits per heavy atom. The van der Waals surface area contributed by atoms with Gasteiger partial charge >= 0.3 is 0 Å². The van der Waals surface area contributed by atoms with Crippen molar-refractivity contribution in [3.63, 3.8) is 0 Å². The zero-order chi connectivity index (χ0) is 17.2. The predicted octanol–water partition coefficient (Wildman–Crippen LogP) is 3.41. The molecule has 0 atom stereocenters. The Kier molecular flexibility index (Phi) is 4.89. The first-order valence-corrected chi connectivity index (χ1v) is 10.8. The van der Waals surface area contributed by atoms with E-state index in [0.29, 0.717) is 17.5 Å². The number of aromatic nitrogens is 4. The van der Waals surface area contributed by atoms with Crippen LogP contribution in [0.5, 0.6) is 0 Å². The molecule has 0 bridgehead atoms. The highest BCUT2D eigenvalue weighted by Crippen LogP contribution is 2.32. The van der Waals surface area contributed by atoms with Gasteiger partial charge in [-0.25, -0.2) is 4.98 Å². The summed E-state index contributed by atoms with van der Waals surface area (Å²) in [4.78, 5) is 24.1. The van der Waals surface area contributed by atoms with Gasteiger partial charge in [0, 0.05) is 4.88 Å². The van der Waals surface area contributed by atoms with Crippen molar-refractivity contribution in [2.24, 2.45) is 0 Å². The number of nitrogens with zero attached hydrogens (tertiary/aromatic N) is 4. The van der Waals surface area contributed by atoms with Gasteiger partial charge in [0.15, 0.2) is 5.82 Å². The van der Waals surface area contributed by atoms with E-state index in [1.165, 1.54) is 29.7 Å². The minimum Gasteiger partial charge on any atom is -0.337 e. The number of aryl methyl sites for hydroxylation is 2. The highest BCUT2D eigenvalue weighted by atomic mass is 32.2. The summed E-state index contributed by atoms with van der Waals surface area (Å²) in [6.45, 7) is 0.272. The lowest BCUT2D eigenvalue weighted by Gasteiger charge is -2.09. The average molecular weight is 377 g/mol. The first-order chi connectivity index (χ1) is 12.3. The van der Waals surface area contributed by atoms with Crippen LogP contribution in [-0.2, 0) is 25.1 Å². The zero-order valence-corrected chi connectivity index (χ0v) is 15.8. The smallest absolute Gasteiger partial charge is 0.262 e. The molecule has 0 aromatic carbocycles. The summed E-state index contributed by atoms with van der Waals surface area (Å²) in [5.74, 6) is 1.81. The first kappa shape index (κ1) is 16.8. The number of hydrogen-bond donors (Lipinski definition) is 0. The molecule has 0 radical (unpaired) electrons. The molecule has 3 aromatic rings. The second kappa shape index (κ2) is 7.29. The third-order valence-electron chi connectivity index (χ3n) is 4.53. The normalized spacial score (nSPS) is 15.1. The zero-order valence-electron chi connectivity index (χ0n) is 14.2. The number of fused-ring (bicyclic) bond motifs is 3. The highest BCUT2D eigenvalue weighted by Gasteiger charge is 2.19. The van der Waals surface area contributed by atoms with Gasteiger partial charge in [-0.2, -0.15) is 16.7 Å². The van der Waals surface area contributed by atoms with Crippen molar-refractivity contribution in [2.75, 3.05) is 6.26 Å². The Labute approximate surface area is 153 Å². The summed E-state index contributed by atoms with van der Waals surface area (Å²) in [6.07, 6.45) is 10.5. The first-order valence-electron chi connectivity index (χ1n) is 8.56. The monoisotopic (exact) mass is 376 g/mol. The average Bonchev–Trinajstić information content (AvgIpc) is 3.15. The van der Waals surface area contributed by atoms with Crippen LogP contribution >= 0.6 is 23.1 Å². The Balaban J connectivity index is 1.71. The molecule has 1 aliphatic rings. The number of thioether (sulfide) groups is 1. The fourth-order valence-electron chi connectivity index (χ4n) is 3.34. The summed E-state index contributed by atoms with van der Waals surface area (Å²) in [7, 11) is 0. The molecular weight excluding hydrogens is 356 g/mol. The van der Waals surface area contributed by atoms with Gasteiger partial charge in [-0.3, -0.25) is 9.36 Å². The molecular formula is C17H20N4O2S2. The summed E-state index contributed by atoms with van der Waals surface area (Å²) >= 11 is 3.32. The van der Waals surface area contributed by atoms with Gasteiger partial charge in [-0.1, -0.05) is 18.0 Å². The molecule has 0 fully saturated rings. The van der Waals surface area contributed by atoms with Gasteiger partial charge in [0.1, 0.15) is 11.4 Å². The van der Waals surface area contributed by atoms with Crippen LogP contribution in [0.15, 0.2) is 15.6 Å². The topological polar surface area (TPSA) is 73.8 Å². The van der Waals surface area contributed by atoms with Crippen LogP contribution in [0, 0.1) is 0 Å². The molecule has 6 nitrogen and oxygen atoms in total. The number of hydrogen-bond acceptors (Lipinski definition) is 7. The minimum atomic E-state index is 0.00712. The van der Waals surface area contributed by atoms with Gasteiger partial charge in [0.25, 0.3) is 5.56 Å². The molecule has 0 unspecified atom stereocenters. The van der Waals surface area contributed by atoms with E-state index >= 15 is 0 Å². The van der Waals surface area contributed by atoms with Crippen molar-refractivity contribution in [3.05, 3.63) is 38.8 Å². The molecule has 0 N–H and O–H groups in total. The fourth-order valence-corrected chi connectivity index (χ4v) is 4.93. The maximum atomic E-state index is 13.0. The molecule has 0 spiro atoms. The van der Waals surface area contributed by atoms with E-state index in [4.69, 9.17) is 4.52 Å². The molecule has 4 rings (SSSR count). The van der Waals surface area contributed by atoms with Crippen LogP contribution < -0.4 is 5.56 Å². The standard InChI is InChI=1S/C17H20N4O2S2/c1-24-9-13-19-14(23-20-13)8-21-10-18-16-15(17(21)22)11-6-4-2-3-5-7-12(11)25-16/h10H,2-9H2,1H3. The van der Waals surface area contributed by atoms with Crippen LogP contribution in [0.25, 0.3) is 10.2 Å². The number of thiophene rings is 1. The van der Waals surface area contributed by atoms with Crippen LogP contribution in [0.2, 0.25) is 0 Å². The summed E-state index contributed by atoms with van der Waals surface area (Å²) in [5, 5.41) is 4.74. The number of rotatable bonds is 4. The maximum absolute atomic E-state index is 13.0. The van der Waals surface area contributed by atoms with Crippen LogP contribution in [0.4, 0.5) is 0 Å². The second-order valence-electron chi connectivity index (χ2n) is 6.31. The Morgan fingerprint density at radius 2 is 2.12 bits per heavy atom. The fraction of sp³-hybridized carbons (Fsp3) is 0.529. The Morgan fingerprint density at radius 3 is 2.96 bits per heavy atom. The van der Waals surface area contributed by atoms with E-state index in [0.717, 1.165) is 29.5 Å².